The summed E-state index contributed by atoms with van der Waals surface area (Å²) in [6.07, 6.45) is 23.3. The van der Waals surface area contributed by atoms with Crippen molar-refractivity contribution in [2.45, 2.75) is 167 Å². The van der Waals surface area contributed by atoms with E-state index < -0.39 is 11.2 Å². The lowest BCUT2D eigenvalue weighted by Gasteiger charge is -2.32. The third-order valence-corrected chi connectivity index (χ3v) is 9.27. The van der Waals surface area contributed by atoms with E-state index in [0.29, 0.717) is 25.7 Å². The van der Waals surface area contributed by atoms with Crippen LogP contribution in [0, 0.1) is 11.8 Å². The second-order valence-corrected chi connectivity index (χ2v) is 14.3. The number of hydrogen-bond donors (Lipinski definition) is 2. The Morgan fingerprint density at radius 1 is 1.00 bits per heavy atom. The minimum Gasteiger partial charge on any atom is -0.465 e. The van der Waals surface area contributed by atoms with Crippen molar-refractivity contribution in [3.8, 4) is 0 Å². The first kappa shape index (κ1) is 39.2. The van der Waals surface area contributed by atoms with Crippen LogP contribution in [0.15, 0.2) is 36.0 Å². The minimum atomic E-state index is -1.01. The van der Waals surface area contributed by atoms with Crippen molar-refractivity contribution in [2.75, 3.05) is 13.2 Å². The van der Waals surface area contributed by atoms with Crippen LogP contribution in [0.25, 0.3) is 0 Å². The molecule has 1 heterocycles. The van der Waals surface area contributed by atoms with Crippen LogP contribution >= 0.6 is 0 Å². The van der Waals surface area contributed by atoms with Crippen LogP contribution in [-0.2, 0) is 23.8 Å². The Morgan fingerprint density at radius 2 is 1.58 bits per heavy atom. The summed E-state index contributed by atoms with van der Waals surface area (Å²) in [7, 11) is 0. The highest BCUT2D eigenvalue weighted by Gasteiger charge is 2.53. The lowest BCUT2D eigenvalue weighted by Crippen LogP contribution is -2.34. The van der Waals surface area contributed by atoms with E-state index in [-0.39, 0.29) is 49.2 Å². The zero-order valence-electron chi connectivity index (χ0n) is 29.1. The lowest BCUT2D eigenvalue weighted by atomic mass is 9.77. The number of rotatable bonds is 21. The molecule has 0 aromatic heterocycles. The maximum Gasteiger partial charge on any atom is 0.306 e. The van der Waals surface area contributed by atoms with Gasteiger partial charge in [0, 0.05) is 19.3 Å². The van der Waals surface area contributed by atoms with Crippen LogP contribution in [-0.4, -0.2) is 58.8 Å². The molecule has 5 unspecified atom stereocenters. The van der Waals surface area contributed by atoms with Crippen LogP contribution < -0.4 is 0 Å². The summed E-state index contributed by atoms with van der Waals surface area (Å²) in [6, 6.07) is 0. The fourth-order valence-corrected chi connectivity index (χ4v) is 6.42. The Morgan fingerprint density at radius 3 is 2.13 bits per heavy atom. The van der Waals surface area contributed by atoms with Crippen molar-refractivity contribution in [2.24, 2.45) is 11.8 Å². The van der Waals surface area contributed by atoms with Gasteiger partial charge in [-0.3, -0.25) is 9.59 Å². The molecule has 2 fully saturated rings. The molecule has 0 spiro atoms. The molecular formula is C38H64O7. The van der Waals surface area contributed by atoms with Crippen molar-refractivity contribution in [1.29, 1.82) is 0 Å². The first-order valence-corrected chi connectivity index (χ1v) is 17.8. The molecule has 0 aromatic rings. The Balaban J connectivity index is 1.93. The molecule has 0 aromatic carbocycles. The predicted molar refractivity (Wildman–Crippen MR) is 181 cm³/mol. The highest BCUT2D eigenvalue weighted by atomic mass is 16.6. The first-order chi connectivity index (χ1) is 21.3. The smallest absolute Gasteiger partial charge is 0.306 e. The van der Waals surface area contributed by atoms with E-state index in [4.69, 9.17) is 14.2 Å². The Labute approximate surface area is 273 Å². The van der Waals surface area contributed by atoms with Gasteiger partial charge in [-0.15, -0.1) is 0 Å². The Bertz CT molecular complexity index is 958. The molecule has 0 bridgehead atoms. The zero-order valence-corrected chi connectivity index (χ0v) is 29.1. The number of allylic oxidation sites excluding steroid dienone is 2. The molecule has 1 aliphatic heterocycles. The molecule has 7 heteroatoms. The maximum absolute atomic E-state index is 12.8. The van der Waals surface area contributed by atoms with E-state index in [9.17, 15) is 19.8 Å². The van der Waals surface area contributed by atoms with Gasteiger partial charge in [0.25, 0.3) is 0 Å². The quantitative estimate of drug-likeness (QED) is 0.0431. The van der Waals surface area contributed by atoms with Crippen LogP contribution in [0.4, 0.5) is 0 Å². The van der Waals surface area contributed by atoms with Crippen molar-refractivity contribution in [3.63, 3.8) is 0 Å². The number of fused-ring (bicyclic) bond motifs is 1. The average molecular weight is 633 g/mol. The van der Waals surface area contributed by atoms with Gasteiger partial charge in [0.1, 0.15) is 12.7 Å². The molecule has 2 N–H and O–H groups in total. The summed E-state index contributed by atoms with van der Waals surface area (Å²) in [5.41, 5.74) is -0.270. The molecule has 2 rings (SSSR count). The van der Waals surface area contributed by atoms with Crippen molar-refractivity contribution >= 4 is 11.9 Å². The molecule has 1 saturated carbocycles. The molecule has 7 nitrogen and oxygen atoms in total. The van der Waals surface area contributed by atoms with E-state index >= 15 is 0 Å². The van der Waals surface area contributed by atoms with Crippen LogP contribution in [0.5, 0.6) is 0 Å². The number of carbonyl (C=O) groups is 2. The molecule has 0 amide bonds. The van der Waals surface area contributed by atoms with Gasteiger partial charge >= 0.3 is 11.9 Å². The number of esters is 2. The van der Waals surface area contributed by atoms with Crippen molar-refractivity contribution in [3.05, 3.63) is 36.0 Å². The van der Waals surface area contributed by atoms with Gasteiger partial charge in [-0.2, -0.15) is 0 Å². The monoisotopic (exact) mass is 632 g/mol. The SMILES string of the molecule is C=C1CC2OC2C(C)(O)CCC(C(=CC=CC(C)(C)O)COC(=O)CCCCCCCCCCCCCCC)C1COC(C)=O. The van der Waals surface area contributed by atoms with E-state index in [2.05, 4.69) is 13.5 Å². The van der Waals surface area contributed by atoms with Gasteiger partial charge in [-0.25, -0.2) is 0 Å². The molecule has 258 valence electrons. The standard InChI is InChI=1S/C38H64O7/c1-7-8-9-10-11-12-13-14-15-16-17-18-19-22-35(40)44-27-31(21-20-24-37(4,5)41)32-23-25-38(6,42)36-34(45-36)26-29(2)33(32)28-43-30(3)39/h20-21,24,32-34,36,41-42H,2,7-19,22-23,25-28H2,1,3-6H3. The summed E-state index contributed by atoms with van der Waals surface area (Å²) in [4.78, 5) is 24.6. The third-order valence-electron chi connectivity index (χ3n) is 9.27. The third kappa shape index (κ3) is 16.4. The second kappa shape index (κ2) is 20.3. The summed E-state index contributed by atoms with van der Waals surface area (Å²) < 4.78 is 17.1. The number of unbranched alkanes of at least 4 members (excludes halogenated alkanes) is 12. The zero-order chi connectivity index (χ0) is 33.3. The van der Waals surface area contributed by atoms with Crippen molar-refractivity contribution in [1.82, 2.24) is 0 Å². The number of hydrogen-bond acceptors (Lipinski definition) is 7. The average Bonchev–Trinajstić information content (AvgIpc) is 3.73. The highest BCUT2D eigenvalue weighted by molar-refractivity contribution is 5.69. The second-order valence-electron chi connectivity index (χ2n) is 14.3. The molecule has 45 heavy (non-hydrogen) atoms. The van der Waals surface area contributed by atoms with E-state index in [0.717, 1.165) is 30.4 Å². The number of aliphatic hydroxyl groups is 2. The number of carbonyl (C=O) groups excluding carboxylic acids is 2. The maximum atomic E-state index is 12.8. The van der Waals surface area contributed by atoms with Crippen LogP contribution in [0.1, 0.15) is 144 Å². The summed E-state index contributed by atoms with van der Waals surface area (Å²) in [6.45, 7) is 13.4. The molecule has 0 radical (unpaired) electrons. The summed E-state index contributed by atoms with van der Waals surface area (Å²) in [5, 5.41) is 21.4. The molecule has 1 saturated heterocycles. The van der Waals surface area contributed by atoms with Crippen LogP contribution in [0.3, 0.4) is 0 Å². The number of epoxide rings is 1. The Kier molecular flexibility index (Phi) is 17.7. The van der Waals surface area contributed by atoms with Gasteiger partial charge < -0.3 is 24.4 Å². The molecular weight excluding hydrogens is 568 g/mol. The fraction of sp³-hybridized carbons (Fsp3) is 0.789. The van der Waals surface area contributed by atoms with E-state index in [1.807, 2.05) is 6.08 Å². The molecule has 2 aliphatic rings. The largest absolute Gasteiger partial charge is 0.465 e. The van der Waals surface area contributed by atoms with E-state index in [1.165, 1.54) is 71.1 Å². The normalized spacial score (nSPS) is 25.8. The molecule has 1 aliphatic carbocycles. The molecule has 5 atom stereocenters. The first-order valence-electron chi connectivity index (χ1n) is 17.8. The highest BCUT2D eigenvalue weighted by Crippen LogP contribution is 2.45. The summed E-state index contributed by atoms with van der Waals surface area (Å²) in [5.74, 6) is -1.01. The lowest BCUT2D eigenvalue weighted by molar-refractivity contribution is -0.143. The van der Waals surface area contributed by atoms with Gasteiger partial charge in [-0.05, 0) is 57.9 Å². The van der Waals surface area contributed by atoms with Crippen LogP contribution in [0.2, 0.25) is 0 Å². The predicted octanol–water partition coefficient (Wildman–Crippen LogP) is 8.32. The fourth-order valence-electron chi connectivity index (χ4n) is 6.42. The van der Waals surface area contributed by atoms with E-state index in [1.54, 1.807) is 32.9 Å². The summed E-state index contributed by atoms with van der Waals surface area (Å²) >= 11 is 0. The van der Waals surface area contributed by atoms with Crippen molar-refractivity contribution < 1.29 is 34.0 Å². The Hall–Kier alpha value is -1.96. The topological polar surface area (TPSA) is 106 Å². The van der Waals surface area contributed by atoms with Gasteiger partial charge in [-0.1, -0.05) is 114 Å². The van der Waals surface area contributed by atoms with Gasteiger partial charge in [0.15, 0.2) is 0 Å². The minimum absolute atomic E-state index is 0.0908. The van der Waals surface area contributed by atoms with Gasteiger partial charge in [0.05, 0.1) is 23.9 Å². The van der Waals surface area contributed by atoms with Gasteiger partial charge in [0.2, 0.25) is 0 Å². The number of ether oxygens (including phenoxy) is 3.